The lowest BCUT2D eigenvalue weighted by molar-refractivity contribution is 0.0184. The predicted molar refractivity (Wildman–Crippen MR) is 126 cm³/mol. The smallest absolute Gasteiger partial charge is 0.410 e. The van der Waals surface area contributed by atoms with Crippen molar-refractivity contribution in [3.8, 4) is 11.1 Å². The third kappa shape index (κ3) is 5.56. The molecule has 0 radical (unpaired) electrons. The van der Waals surface area contributed by atoms with Gasteiger partial charge in [0, 0.05) is 36.6 Å². The highest BCUT2D eigenvalue weighted by Crippen LogP contribution is 2.27. The summed E-state index contributed by atoms with van der Waals surface area (Å²) in [5.41, 5.74) is 7.32. The van der Waals surface area contributed by atoms with Crippen LogP contribution in [0.1, 0.15) is 55.8 Å². The minimum atomic E-state index is -0.507. The molecule has 1 aliphatic heterocycles. The molecular weight excluding hydrogens is 436 g/mol. The number of carbonyl (C=O) groups excluding carboxylic acids is 2. The standard InChI is InChI=1S/C24H30N6O4/c1-24(2,3)34-23(32)29-8-6-18(7-9-29)30-15-17(13-28-30)16-11-20(21(25)26-12-16)22(31)27-14-19-5-4-10-33-19/h4-5,10-13,15,18H,6-9,14H2,1-3H3,(H2,25,26)(H,27,31). The molecule has 10 nitrogen and oxygen atoms in total. The zero-order chi connectivity index (χ0) is 24.3. The van der Waals surface area contributed by atoms with E-state index >= 15 is 0 Å². The van der Waals surface area contributed by atoms with E-state index in [0.29, 0.717) is 24.4 Å². The number of hydrogen-bond donors (Lipinski definition) is 2. The summed E-state index contributed by atoms with van der Waals surface area (Å²) in [5, 5.41) is 7.31. The van der Waals surface area contributed by atoms with Crippen molar-refractivity contribution in [1.82, 2.24) is 25.0 Å². The zero-order valence-electron chi connectivity index (χ0n) is 19.7. The number of carbonyl (C=O) groups is 2. The molecule has 10 heteroatoms. The van der Waals surface area contributed by atoms with Crippen molar-refractivity contribution in [2.45, 2.75) is 51.8 Å². The van der Waals surface area contributed by atoms with Crippen molar-refractivity contribution in [1.29, 1.82) is 0 Å². The van der Waals surface area contributed by atoms with Crippen LogP contribution in [0.15, 0.2) is 47.5 Å². The van der Waals surface area contributed by atoms with Gasteiger partial charge < -0.3 is 25.1 Å². The molecule has 180 valence electrons. The van der Waals surface area contributed by atoms with Gasteiger partial charge in [0.1, 0.15) is 17.2 Å². The number of pyridine rings is 1. The maximum absolute atomic E-state index is 12.6. The van der Waals surface area contributed by atoms with E-state index in [0.717, 1.165) is 24.0 Å². The van der Waals surface area contributed by atoms with E-state index < -0.39 is 5.60 Å². The zero-order valence-corrected chi connectivity index (χ0v) is 19.7. The summed E-state index contributed by atoms with van der Waals surface area (Å²) in [4.78, 5) is 30.9. The van der Waals surface area contributed by atoms with Crippen LogP contribution in [0.5, 0.6) is 0 Å². The first-order chi connectivity index (χ1) is 16.2. The Labute approximate surface area is 198 Å². The lowest BCUT2D eigenvalue weighted by Crippen LogP contribution is -2.42. The van der Waals surface area contributed by atoms with Crippen LogP contribution in [0.3, 0.4) is 0 Å². The number of anilines is 1. The molecule has 3 N–H and O–H groups in total. The number of hydrogen-bond acceptors (Lipinski definition) is 7. The van der Waals surface area contributed by atoms with Crippen LogP contribution >= 0.6 is 0 Å². The van der Waals surface area contributed by atoms with Crippen molar-refractivity contribution in [2.75, 3.05) is 18.8 Å². The largest absolute Gasteiger partial charge is 0.467 e. The number of nitrogen functional groups attached to an aromatic ring is 1. The molecule has 0 aromatic carbocycles. The van der Waals surface area contributed by atoms with E-state index in [2.05, 4.69) is 15.4 Å². The minimum Gasteiger partial charge on any atom is -0.467 e. The van der Waals surface area contributed by atoms with Gasteiger partial charge in [-0.15, -0.1) is 0 Å². The molecule has 1 saturated heterocycles. The molecule has 0 unspecified atom stereocenters. The van der Waals surface area contributed by atoms with Gasteiger partial charge in [-0.3, -0.25) is 9.48 Å². The fourth-order valence-corrected chi connectivity index (χ4v) is 3.82. The van der Waals surface area contributed by atoms with Crippen molar-refractivity contribution in [3.63, 3.8) is 0 Å². The summed E-state index contributed by atoms with van der Waals surface area (Å²) in [6.45, 7) is 7.07. The van der Waals surface area contributed by atoms with E-state index in [1.165, 1.54) is 0 Å². The van der Waals surface area contributed by atoms with Crippen LogP contribution in [0.25, 0.3) is 11.1 Å². The topological polar surface area (TPSA) is 129 Å². The van der Waals surface area contributed by atoms with Crippen LogP contribution in [-0.4, -0.2) is 50.4 Å². The van der Waals surface area contributed by atoms with E-state index in [4.69, 9.17) is 14.9 Å². The normalized spacial score (nSPS) is 14.7. The summed E-state index contributed by atoms with van der Waals surface area (Å²) in [6, 6.07) is 5.43. The van der Waals surface area contributed by atoms with Crippen molar-refractivity contribution < 1.29 is 18.7 Å². The molecule has 0 aliphatic carbocycles. The highest BCUT2D eigenvalue weighted by atomic mass is 16.6. The highest BCUT2D eigenvalue weighted by Gasteiger charge is 2.28. The minimum absolute atomic E-state index is 0.155. The van der Waals surface area contributed by atoms with Gasteiger partial charge in [-0.05, 0) is 51.8 Å². The lowest BCUT2D eigenvalue weighted by Gasteiger charge is -2.33. The van der Waals surface area contributed by atoms with Crippen molar-refractivity contribution >= 4 is 17.8 Å². The number of rotatable bonds is 5. The Morgan fingerprint density at radius 3 is 2.68 bits per heavy atom. The Hall–Kier alpha value is -3.82. The predicted octanol–water partition coefficient (Wildman–Crippen LogP) is 3.62. The number of ether oxygens (including phenoxy) is 1. The third-order valence-corrected chi connectivity index (χ3v) is 5.59. The lowest BCUT2D eigenvalue weighted by atomic mass is 10.1. The molecule has 0 atom stereocenters. The van der Waals surface area contributed by atoms with E-state index in [9.17, 15) is 9.59 Å². The molecule has 3 aromatic heterocycles. The first-order valence-electron chi connectivity index (χ1n) is 11.3. The Balaban J connectivity index is 1.40. The number of aromatic nitrogens is 3. The third-order valence-electron chi connectivity index (χ3n) is 5.59. The number of furan rings is 1. The van der Waals surface area contributed by atoms with Gasteiger partial charge in [0.05, 0.1) is 30.6 Å². The van der Waals surface area contributed by atoms with Crippen LogP contribution in [0.4, 0.5) is 10.6 Å². The molecule has 0 bridgehead atoms. The van der Waals surface area contributed by atoms with Crippen LogP contribution < -0.4 is 11.1 Å². The van der Waals surface area contributed by atoms with E-state index in [-0.39, 0.29) is 30.4 Å². The fraction of sp³-hybridized carbons (Fsp3) is 0.417. The Morgan fingerprint density at radius 2 is 2.00 bits per heavy atom. The number of piperidine rings is 1. The SMILES string of the molecule is CC(C)(C)OC(=O)N1CCC(n2cc(-c3cnc(N)c(C(=O)NCc4ccco4)c3)cn2)CC1. The Kier molecular flexibility index (Phi) is 6.58. The number of amides is 2. The Bertz CT molecular complexity index is 1140. The maximum atomic E-state index is 12.6. The van der Waals surface area contributed by atoms with Crippen LogP contribution in [0, 0.1) is 0 Å². The van der Waals surface area contributed by atoms with Gasteiger partial charge in [-0.25, -0.2) is 9.78 Å². The molecule has 1 aliphatic rings. The van der Waals surface area contributed by atoms with Crippen LogP contribution in [-0.2, 0) is 11.3 Å². The maximum Gasteiger partial charge on any atom is 0.410 e. The summed E-state index contributed by atoms with van der Waals surface area (Å²) in [7, 11) is 0. The van der Waals surface area contributed by atoms with Gasteiger partial charge in [-0.2, -0.15) is 5.10 Å². The summed E-state index contributed by atoms with van der Waals surface area (Å²) in [6.07, 6.45) is 8.14. The molecule has 1 fully saturated rings. The molecule has 3 aromatic rings. The second-order valence-corrected chi connectivity index (χ2v) is 9.33. The average molecular weight is 467 g/mol. The van der Waals surface area contributed by atoms with Crippen LogP contribution in [0.2, 0.25) is 0 Å². The van der Waals surface area contributed by atoms with E-state index in [1.807, 2.05) is 31.6 Å². The molecule has 4 rings (SSSR count). The van der Waals surface area contributed by atoms with Gasteiger partial charge in [0.25, 0.3) is 5.91 Å². The molecule has 0 spiro atoms. The molecule has 34 heavy (non-hydrogen) atoms. The average Bonchev–Trinajstić information content (AvgIpc) is 3.49. The number of nitrogens with zero attached hydrogens (tertiary/aromatic N) is 4. The van der Waals surface area contributed by atoms with Gasteiger partial charge in [-0.1, -0.05) is 0 Å². The van der Waals surface area contributed by atoms with Gasteiger partial charge in [0.15, 0.2) is 0 Å². The quantitative estimate of drug-likeness (QED) is 0.587. The Morgan fingerprint density at radius 1 is 1.24 bits per heavy atom. The summed E-state index contributed by atoms with van der Waals surface area (Å²) >= 11 is 0. The molecule has 0 saturated carbocycles. The second-order valence-electron chi connectivity index (χ2n) is 9.33. The number of likely N-dealkylation sites (tertiary alicyclic amines) is 1. The highest BCUT2D eigenvalue weighted by molar-refractivity contribution is 5.99. The number of nitrogens with one attached hydrogen (secondary N) is 1. The summed E-state index contributed by atoms with van der Waals surface area (Å²) < 4.78 is 12.6. The molecule has 4 heterocycles. The first kappa shape index (κ1) is 23.3. The fourth-order valence-electron chi connectivity index (χ4n) is 3.82. The number of nitrogens with two attached hydrogens (primary N) is 1. The van der Waals surface area contributed by atoms with Gasteiger partial charge >= 0.3 is 6.09 Å². The summed E-state index contributed by atoms with van der Waals surface area (Å²) in [5.74, 6) is 0.475. The first-order valence-corrected chi connectivity index (χ1v) is 11.3. The second kappa shape index (κ2) is 9.58. The van der Waals surface area contributed by atoms with Gasteiger partial charge in [0.2, 0.25) is 0 Å². The van der Waals surface area contributed by atoms with E-state index in [1.54, 1.807) is 41.8 Å². The monoisotopic (exact) mass is 466 g/mol. The van der Waals surface area contributed by atoms with Crippen molar-refractivity contribution in [3.05, 3.63) is 54.4 Å². The molecule has 2 amide bonds. The molecular formula is C24H30N6O4. The van der Waals surface area contributed by atoms with Crippen molar-refractivity contribution in [2.24, 2.45) is 0 Å².